The Balaban J connectivity index is 1.58. The molecule has 112 valence electrons. The summed E-state index contributed by atoms with van der Waals surface area (Å²) in [5.74, 6) is 0. The van der Waals surface area contributed by atoms with Gasteiger partial charge in [0.25, 0.3) is 0 Å². The van der Waals surface area contributed by atoms with E-state index in [2.05, 4.69) is 54.3 Å². The fraction of sp³-hybridized carbons (Fsp3) is 0.471. The first-order chi connectivity index (χ1) is 10.2. The van der Waals surface area contributed by atoms with Crippen LogP contribution in [0.4, 0.5) is 0 Å². The minimum Gasteiger partial charge on any atom is -0.373 e. The van der Waals surface area contributed by atoms with E-state index in [-0.39, 0.29) is 0 Å². The van der Waals surface area contributed by atoms with E-state index in [9.17, 15) is 0 Å². The van der Waals surface area contributed by atoms with Gasteiger partial charge in [-0.25, -0.2) is 0 Å². The highest BCUT2D eigenvalue weighted by atomic mass is 16.5. The lowest BCUT2D eigenvalue weighted by atomic mass is 10.1. The number of hydrogen-bond acceptors (Lipinski definition) is 3. The van der Waals surface area contributed by atoms with Crippen molar-refractivity contribution in [3.8, 4) is 11.1 Å². The standard InChI is InChI=1S/C17H23N3O/c1-14-11-19(12-15(2)21-14)8-9-20-13-17(10-18-20)16-6-4-3-5-7-16/h3-7,10,13-15H,8-9,11-12H2,1-2H3/t14-,15+. The zero-order valence-electron chi connectivity index (χ0n) is 12.8. The average Bonchev–Trinajstić information content (AvgIpc) is 2.94. The molecule has 1 saturated heterocycles. The van der Waals surface area contributed by atoms with E-state index in [4.69, 9.17) is 4.74 Å². The van der Waals surface area contributed by atoms with Crippen molar-refractivity contribution in [2.45, 2.75) is 32.6 Å². The molecule has 1 aromatic heterocycles. The maximum Gasteiger partial charge on any atom is 0.0678 e. The Hall–Kier alpha value is -1.65. The van der Waals surface area contributed by atoms with Crippen molar-refractivity contribution in [2.75, 3.05) is 19.6 Å². The molecule has 0 unspecified atom stereocenters. The molecule has 0 aliphatic carbocycles. The molecule has 2 heterocycles. The number of aromatic nitrogens is 2. The van der Waals surface area contributed by atoms with Crippen LogP contribution in [0.15, 0.2) is 42.7 Å². The van der Waals surface area contributed by atoms with Crippen molar-refractivity contribution >= 4 is 0 Å². The second-order valence-corrected chi connectivity index (χ2v) is 5.88. The number of nitrogens with zero attached hydrogens (tertiary/aromatic N) is 3. The fourth-order valence-electron chi connectivity index (χ4n) is 2.98. The van der Waals surface area contributed by atoms with Crippen molar-refractivity contribution in [1.29, 1.82) is 0 Å². The van der Waals surface area contributed by atoms with Gasteiger partial charge < -0.3 is 4.74 Å². The van der Waals surface area contributed by atoms with Crippen LogP contribution in [0, 0.1) is 0 Å². The first-order valence-electron chi connectivity index (χ1n) is 7.66. The maximum absolute atomic E-state index is 5.77. The molecule has 1 fully saturated rings. The van der Waals surface area contributed by atoms with E-state index in [1.165, 1.54) is 11.1 Å². The minimum absolute atomic E-state index is 0.325. The van der Waals surface area contributed by atoms with Gasteiger partial charge in [-0.05, 0) is 19.4 Å². The largest absolute Gasteiger partial charge is 0.373 e. The van der Waals surface area contributed by atoms with Gasteiger partial charge in [0.1, 0.15) is 0 Å². The number of rotatable bonds is 4. The Bertz CT molecular complexity index is 556. The summed E-state index contributed by atoms with van der Waals surface area (Å²) in [6.07, 6.45) is 4.72. The molecular weight excluding hydrogens is 262 g/mol. The molecule has 0 saturated carbocycles. The number of ether oxygens (including phenoxy) is 1. The van der Waals surface area contributed by atoms with E-state index >= 15 is 0 Å². The monoisotopic (exact) mass is 285 g/mol. The molecule has 21 heavy (non-hydrogen) atoms. The molecule has 0 N–H and O–H groups in total. The van der Waals surface area contributed by atoms with Gasteiger partial charge in [0.15, 0.2) is 0 Å². The Morgan fingerprint density at radius 1 is 1.05 bits per heavy atom. The normalized spacial score (nSPS) is 23.3. The lowest BCUT2D eigenvalue weighted by Crippen LogP contribution is -2.46. The van der Waals surface area contributed by atoms with Crippen LogP contribution in [-0.4, -0.2) is 46.5 Å². The Morgan fingerprint density at radius 3 is 2.48 bits per heavy atom. The molecule has 1 aromatic carbocycles. The molecule has 4 nitrogen and oxygen atoms in total. The molecule has 3 rings (SSSR count). The van der Waals surface area contributed by atoms with Gasteiger partial charge in [0.05, 0.1) is 24.9 Å². The van der Waals surface area contributed by atoms with E-state index in [0.29, 0.717) is 12.2 Å². The molecule has 0 spiro atoms. The van der Waals surface area contributed by atoms with Gasteiger partial charge in [-0.2, -0.15) is 5.10 Å². The lowest BCUT2D eigenvalue weighted by Gasteiger charge is -2.35. The summed E-state index contributed by atoms with van der Waals surface area (Å²) in [5.41, 5.74) is 2.40. The summed E-state index contributed by atoms with van der Waals surface area (Å²) in [4.78, 5) is 2.46. The van der Waals surface area contributed by atoms with Crippen molar-refractivity contribution in [2.24, 2.45) is 0 Å². The van der Waals surface area contributed by atoms with Crippen LogP contribution in [0.1, 0.15) is 13.8 Å². The summed E-state index contributed by atoms with van der Waals surface area (Å²) in [6, 6.07) is 10.4. The quantitative estimate of drug-likeness (QED) is 0.865. The van der Waals surface area contributed by atoms with Gasteiger partial charge in [-0.1, -0.05) is 30.3 Å². The van der Waals surface area contributed by atoms with E-state index in [0.717, 1.165) is 26.2 Å². The Kier molecular flexibility index (Phi) is 4.36. The highest BCUT2D eigenvalue weighted by molar-refractivity contribution is 5.61. The summed E-state index contributed by atoms with van der Waals surface area (Å²) >= 11 is 0. The van der Waals surface area contributed by atoms with Crippen LogP contribution in [-0.2, 0) is 11.3 Å². The Morgan fingerprint density at radius 2 is 1.76 bits per heavy atom. The van der Waals surface area contributed by atoms with E-state index in [1.54, 1.807) is 0 Å². The van der Waals surface area contributed by atoms with Gasteiger partial charge >= 0.3 is 0 Å². The molecule has 4 heteroatoms. The molecule has 2 atom stereocenters. The SMILES string of the molecule is C[C@@H]1CN(CCn2cc(-c3ccccc3)cn2)C[C@H](C)O1. The van der Waals surface area contributed by atoms with Crippen LogP contribution < -0.4 is 0 Å². The highest BCUT2D eigenvalue weighted by Crippen LogP contribution is 2.17. The van der Waals surface area contributed by atoms with Crippen LogP contribution in [0.3, 0.4) is 0 Å². The van der Waals surface area contributed by atoms with Crippen molar-refractivity contribution in [1.82, 2.24) is 14.7 Å². The van der Waals surface area contributed by atoms with E-state index < -0.39 is 0 Å². The van der Waals surface area contributed by atoms with Gasteiger partial charge in [-0.15, -0.1) is 0 Å². The predicted molar refractivity (Wildman–Crippen MR) is 84.1 cm³/mol. The third-order valence-electron chi connectivity index (χ3n) is 3.88. The third kappa shape index (κ3) is 3.71. The second-order valence-electron chi connectivity index (χ2n) is 5.88. The second kappa shape index (κ2) is 6.41. The smallest absolute Gasteiger partial charge is 0.0678 e. The number of benzene rings is 1. The zero-order chi connectivity index (χ0) is 14.7. The first kappa shape index (κ1) is 14.3. The summed E-state index contributed by atoms with van der Waals surface area (Å²) in [6.45, 7) is 8.25. The van der Waals surface area contributed by atoms with E-state index in [1.807, 2.05) is 16.9 Å². The molecule has 0 radical (unpaired) electrons. The van der Waals surface area contributed by atoms with Crippen LogP contribution in [0.2, 0.25) is 0 Å². The predicted octanol–water partition coefficient (Wildman–Crippen LogP) is 2.66. The van der Waals surface area contributed by atoms with Crippen LogP contribution in [0.25, 0.3) is 11.1 Å². The van der Waals surface area contributed by atoms with Gasteiger partial charge in [0.2, 0.25) is 0 Å². The van der Waals surface area contributed by atoms with Crippen molar-refractivity contribution < 1.29 is 4.74 Å². The molecule has 0 amide bonds. The topological polar surface area (TPSA) is 30.3 Å². The average molecular weight is 285 g/mol. The number of hydrogen-bond donors (Lipinski definition) is 0. The maximum atomic E-state index is 5.77. The van der Waals surface area contributed by atoms with Gasteiger partial charge in [0, 0.05) is 31.4 Å². The minimum atomic E-state index is 0.325. The van der Waals surface area contributed by atoms with Crippen LogP contribution in [0.5, 0.6) is 0 Å². The molecule has 0 bridgehead atoms. The Labute approximate surface area is 126 Å². The number of morpholine rings is 1. The third-order valence-corrected chi connectivity index (χ3v) is 3.88. The molecule has 1 aliphatic heterocycles. The summed E-state index contributed by atoms with van der Waals surface area (Å²) in [5, 5.41) is 4.47. The fourth-order valence-corrected chi connectivity index (χ4v) is 2.98. The molecule has 2 aromatic rings. The molecular formula is C17H23N3O. The van der Waals surface area contributed by atoms with Crippen molar-refractivity contribution in [3.05, 3.63) is 42.7 Å². The van der Waals surface area contributed by atoms with Crippen molar-refractivity contribution in [3.63, 3.8) is 0 Å². The molecule has 1 aliphatic rings. The van der Waals surface area contributed by atoms with Crippen LogP contribution >= 0.6 is 0 Å². The zero-order valence-corrected chi connectivity index (χ0v) is 12.8. The first-order valence-corrected chi connectivity index (χ1v) is 7.66. The summed E-state index contributed by atoms with van der Waals surface area (Å²) < 4.78 is 7.80. The lowest BCUT2D eigenvalue weighted by molar-refractivity contribution is -0.0687. The summed E-state index contributed by atoms with van der Waals surface area (Å²) in [7, 11) is 0. The highest BCUT2D eigenvalue weighted by Gasteiger charge is 2.21. The van der Waals surface area contributed by atoms with Gasteiger partial charge in [-0.3, -0.25) is 9.58 Å².